The van der Waals surface area contributed by atoms with Crippen molar-refractivity contribution in [2.75, 3.05) is 6.61 Å². The number of carboxylic acid groups (broad SMARTS) is 1. The lowest BCUT2D eigenvalue weighted by atomic mass is 10.3. The van der Waals surface area contributed by atoms with Gasteiger partial charge < -0.3 is 9.84 Å². The molecule has 0 radical (unpaired) electrons. The van der Waals surface area contributed by atoms with Crippen molar-refractivity contribution in [2.45, 2.75) is 6.92 Å². The van der Waals surface area contributed by atoms with Gasteiger partial charge in [-0.15, -0.1) is 45.3 Å². The predicted molar refractivity (Wildman–Crippen MR) is 122 cm³/mol. The third-order valence-electron chi connectivity index (χ3n) is 3.50. The zero-order valence-corrected chi connectivity index (χ0v) is 18.1. The summed E-state index contributed by atoms with van der Waals surface area (Å²) >= 11 is 6.66. The number of fused-ring (bicyclic) bond motifs is 2. The number of aliphatic carboxylic acids is 1. The van der Waals surface area contributed by atoms with Crippen LogP contribution in [0, 0.1) is 0 Å². The van der Waals surface area contributed by atoms with Crippen molar-refractivity contribution in [1.82, 2.24) is 0 Å². The molecule has 4 aromatic heterocycles. The van der Waals surface area contributed by atoms with Crippen LogP contribution in [0.4, 0.5) is 0 Å². The molecule has 0 aliphatic rings. The first-order chi connectivity index (χ1) is 13.6. The summed E-state index contributed by atoms with van der Waals surface area (Å²) in [7, 11) is 0. The van der Waals surface area contributed by atoms with E-state index in [1.165, 1.54) is 31.0 Å². The first-order valence-electron chi connectivity index (χ1n) is 8.23. The van der Waals surface area contributed by atoms with Gasteiger partial charge in [-0.1, -0.05) is 0 Å². The van der Waals surface area contributed by atoms with Crippen LogP contribution in [0.3, 0.4) is 0 Å². The van der Waals surface area contributed by atoms with Gasteiger partial charge in [-0.2, -0.15) is 0 Å². The molecule has 0 atom stereocenters. The monoisotopic (exact) mass is 448 g/mol. The van der Waals surface area contributed by atoms with Crippen LogP contribution in [0.15, 0.2) is 45.8 Å². The Morgan fingerprint density at radius 2 is 1.46 bits per heavy atom. The highest BCUT2D eigenvalue weighted by Crippen LogP contribution is 2.32. The van der Waals surface area contributed by atoms with Gasteiger partial charge in [0.05, 0.1) is 16.0 Å². The number of carboxylic acids is 1. The molecule has 4 heterocycles. The largest absolute Gasteiger partial charge is 0.478 e. The van der Waals surface area contributed by atoms with Crippen molar-refractivity contribution < 1.29 is 19.4 Å². The minimum atomic E-state index is -0.907. The summed E-state index contributed by atoms with van der Waals surface area (Å²) in [4.78, 5) is 21.4. The Balaban J connectivity index is 0.000000162. The molecule has 0 spiro atoms. The Morgan fingerprint density at radius 1 is 0.929 bits per heavy atom. The molecule has 0 aliphatic heterocycles. The Hall–Kier alpha value is -2.26. The lowest BCUT2D eigenvalue weighted by Crippen LogP contribution is -1.98. The van der Waals surface area contributed by atoms with E-state index in [2.05, 4.69) is 16.8 Å². The van der Waals surface area contributed by atoms with Crippen LogP contribution < -0.4 is 0 Å². The topological polar surface area (TPSA) is 63.6 Å². The molecule has 0 saturated carbocycles. The fourth-order valence-corrected chi connectivity index (χ4v) is 6.42. The third-order valence-corrected chi connectivity index (χ3v) is 7.62. The van der Waals surface area contributed by atoms with Gasteiger partial charge in [0.1, 0.15) is 0 Å². The van der Waals surface area contributed by atoms with E-state index in [0.717, 1.165) is 11.1 Å². The second-order valence-corrected chi connectivity index (χ2v) is 9.02. The highest BCUT2D eigenvalue weighted by molar-refractivity contribution is 7.27. The van der Waals surface area contributed by atoms with Crippen molar-refractivity contribution in [1.29, 1.82) is 0 Å². The molecular weight excluding hydrogens is 432 g/mol. The fourth-order valence-electron chi connectivity index (χ4n) is 2.30. The molecule has 0 bridgehead atoms. The van der Waals surface area contributed by atoms with Crippen molar-refractivity contribution >= 4 is 88.2 Å². The molecule has 0 aliphatic carbocycles. The Labute approximate surface area is 177 Å². The van der Waals surface area contributed by atoms with Crippen molar-refractivity contribution in [3.05, 3.63) is 56.9 Å². The van der Waals surface area contributed by atoms with E-state index in [1.54, 1.807) is 58.3 Å². The van der Waals surface area contributed by atoms with Crippen LogP contribution >= 0.6 is 45.3 Å². The van der Waals surface area contributed by atoms with Crippen LogP contribution in [0.25, 0.3) is 31.0 Å². The standard InChI is InChI=1S/C11H10O2S2.C9H6O2S2/c1-2-13-10(12)4-3-8-7-15-9-5-6-14-11(8)9;10-8(11)2-1-6-5-13-7-3-4-12-9(6)7/h3-7H,2H2,1H3;1-5H,(H,10,11)/b4-3+;2-1+. The van der Waals surface area contributed by atoms with E-state index < -0.39 is 5.97 Å². The predicted octanol–water partition coefficient (Wildman–Crippen LogP) is 6.60. The number of hydrogen-bond acceptors (Lipinski definition) is 7. The average Bonchev–Trinajstić information content (AvgIpc) is 3.41. The normalized spacial score (nSPS) is 11.3. The molecule has 144 valence electrons. The minimum Gasteiger partial charge on any atom is -0.478 e. The molecule has 0 fully saturated rings. The molecule has 0 amide bonds. The summed E-state index contributed by atoms with van der Waals surface area (Å²) in [5.74, 6) is -1.19. The van der Waals surface area contributed by atoms with E-state index in [9.17, 15) is 9.59 Å². The summed E-state index contributed by atoms with van der Waals surface area (Å²) in [5.41, 5.74) is 2.09. The smallest absolute Gasteiger partial charge is 0.330 e. The zero-order chi connectivity index (χ0) is 19.9. The van der Waals surface area contributed by atoms with Gasteiger partial charge in [0, 0.05) is 43.4 Å². The summed E-state index contributed by atoms with van der Waals surface area (Å²) in [6.07, 6.45) is 6.09. The SMILES string of the molecule is CCOC(=O)/C=C/c1csc2ccsc12.O=C(O)/C=C/c1csc2ccsc12. The fraction of sp³-hybridized carbons (Fsp3) is 0.100. The quantitative estimate of drug-likeness (QED) is 0.276. The van der Waals surface area contributed by atoms with Crippen LogP contribution in [0.1, 0.15) is 18.1 Å². The average molecular weight is 449 g/mol. The maximum absolute atomic E-state index is 11.1. The van der Waals surface area contributed by atoms with E-state index in [4.69, 9.17) is 9.84 Å². The molecule has 0 aromatic carbocycles. The summed E-state index contributed by atoms with van der Waals surface area (Å²) < 4.78 is 9.71. The zero-order valence-electron chi connectivity index (χ0n) is 14.8. The van der Waals surface area contributed by atoms with Crippen molar-refractivity contribution in [3.63, 3.8) is 0 Å². The summed E-state index contributed by atoms with van der Waals surface area (Å²) in [6, 6.07) is 4.13. The lowest BCUT2D eigenvalue weighted by Gasteiger charge is -1.93. The number of hydrogen-bond donors (Lipinski definition) is 1. The molecule has 4 rings (SSSR count). The molecule has 4 aromatic rings. The van der Waals surface area contributed by atoms with Crippen molar-refractivity contribution in [3.8, 4) is 0 Å². The van der Waals surface area contributed by atoms with E-state index in [1.807, 2.05) is 22.9 Å². The van der Waals surface area contributed by atoms with E-state index in [-0.39, 0.29) is 5.97 Å². The number of carbonyl (C=O) groups is 2. The van der Waals surface area contributed by atoms with Crippen molar-refractivity contribution in [2.24, 2.45) is 0 Å². The second-order valence-electron chi connectivity index (χ2n) is 5.37. The molecule has 0 unspecified atom stereocenters. The van der Waals surface area contributed by atoms with Crippen LogP contribution in [-0.4, -0.2) is 23.7 Å². The van der Waals surface area contributed by atoms with Gasteiger partial charge in [-0.05, 0) is 42.0 Å². The van der Waals surface area contributed by atoms with Gasteiger partial charge >= 0.3 is 11.9 Å². The minimum absolute atomic E-state index is 0.284. The van der Waals surface area contributed by atoms with Gasteiger partial charge in [0.2, 0.25) is 0 Å². The van der Waals surface area contributed by atoms with Gasteiger partial charge in [-0.3, -0.25) is 0 Å². The number of ether oxygens (including phenoxy) is 1. The van der Waals surface area contributed by atoms with Crippen LogP contribution in [-0.2, 0) is 14.3 Å². The highest BCUT2D eigenvalue weighted by atomic mass is 32.1. The Bertz CT molecular complexity index is 1140. The maximum atomic E-state index is 11.1. The van der Waals surface area contributed by atoms with Gasteiger partial charge in [-0.25, -0.2) is 9.59 Å². The molecule has 0 saturated heterocycles. The molecule has 28 heavy (non-hydrogen) atoms. The van der Waals surface area contributed by atoms with Gasteiger partial charge in [0.15, 0.2) is 0 Å². The van der Waals surface area contributed by atoms with Crippen LogP contribution in [0.5, 0.6) is 0 Å². The van der Waals surface area contributed by atoms with E-state index >= 15 is 0 Å². The number of rotatable bonds is 5. The van der Waals surface area contributed by atoms with Gasteiger partial charge in [0.25, 0.3) is 0 Å². The summed E-state index contributed by atoms with van der Waals surface area (Å²) in [6.45, 7) is 2.22. The third kappa shape index (κ3) is 5.17. The molecular formula is C20H16O4S4. The maximum Gasteiger partial charge on any atom is 0.330 e. The first kappa shape index (κ1) is 20.5. The molecule has 4 nitrogen and oxygen atoms in total. The van der Waals surface area contributed by atoms with E-state index in [0.29, 0.717) is 6.61 Å². The second kappa shape index (κ2) is 9.79. The highest BCUT2D eigenvalue weighted by Gasteiger charge is 2.03. The molecule has 8 heteroatoms. The first-order valence-corrected chi connectivity index (χ1v) is 11.8. The van der Waals surface area contributed by atoms with Crippen LogP contribution in [0.2, 0.25) is 0 Å². The Morgan fingerprint density at radius 3 is 1.96 bits per heavy atom. The Kier molecular flexibility index (Phi) is 7.16. The number of carbonyl (C=O) groups excluding carboxylic acids is 1. The molecule has 1 N–H and O–H groups in total. The lowest BCUT2D eigenvalue weighted by molar-refractivity contribution is -0.137. The summed E-state index contributed by atoms with van der Waals surface area (Å²) in [5, 5.41) is 16.6. The number of thiophene rings is 4. The number of esters is 1.